The number of halogens is 1. The number of amides is 1. The normalized spacial score (nSPS) is 12.0. The van der Waals surface area contributed by atoms with Gasteiger partial charge in [-0.15, -0.1) is 0 Å². The van der Waals surface area contributed by atoms with Gasteiger partial charge < -0.3 is 5.32 Å². The monoisotopic (exact) mass is 285 g/mol. The van der Waals surface area contributed by atoms with Crippen LogP contribution < -0.4 is 5.32 Å². The molecule has 1 N–H and O–H groups in total. The van der Waals surface area contributed by atoms with Gasteiger partial charge in [0.15, 0.2) is 0 Å². The Morgan fingerprint density at radius 3 is 2.62 bits per heavy atom. The van der Waals surface area contributed by atoms with Crippen LogP contribution in [0.5, 0.6) is 0 Å². The van der Waals surface area contributed by atoms with E-state index in [1.54, 1.807) is 18.2 Å². The van der Waals surface area contributed by atoms with Crippen LogP contribution in [0.15, 0.2) is 42.5 Å². The summed E-state index contributed by atoms with van der Waals surface area (Å²) in [5.74, 6) is -0.513. The zero-order chi connectivity index (χ0) is 15.4. The number of rotatable bonds is 4. The lowest BCUT2D eigenvalue weighted by atomic mass is 9.99. The quantitative estimate of drug-likeness (QED) is 0.908. The molecule has 0 spiro atoms. The molecule has 2 aromatic rings. The van der Waals surface area contributed by atoms with Crippen LogP contribution >= 0.6 is 0 Å². The fourth-order valence-corrected chi connectivity index (χ4v) is 2.41. The van der Waals surface area contributed by atoms with E-state index in [-0.39, 0.29) is 24.2 Å². The Bertz CT molecular complexity index is 651. The maximum Gasteiger partial charge on any atom is 0.225 e. The molecular weight excluding hydrogens is 265 g/mol. The van der Waals surface area contributed by atoms with E-state index in [2.05, 4.69) is 11.4 Å². The highest BCUT2D eigenvalue weighted by molar-refractivity contribution is 5.79. The van der Waals surface area contributed by atoms with E-state index >= 15 is 0 Å². The highest BCUT2D eigenvalue weighted by atomic mass is 19.1. The largest absolute Gasteiger partial charge is 0.349 e. The molecule has 1 amide bonds. The summed E-state index contributed by atoms with van der Waals surface area (Å²) < 4.78 is 13.5. The minimum Gasteiger partial charge on any atom is -0.349 e. The van der Waals surface area contributed by atoms with Crippen LogP contribution in [0.1, 0.15) is 35.2 Å². The van der Waals surface area contributed by atoms with Crippen molar-refractivity contribution in [3.8, 4) is 0 Å². The molecule has 0 saturated carbocycles. The summed E-state index contributed by atoms with van der Waals surface area (Å²) >= 11 is 0. The van der Waals surface area contributed by atoms with Crippen LogP contribution in [0.25, 0.3) is 0 Å². The van der Waals surface area contributed by atoms with E-state index in [9.17, 15) is 9.18 Å². The third-order valence-electron chi connectivity index (χ3n) is 3.59. The fraction of sp³-hybridized carbons (Fsp3) is 0.278. The van der Waals surface area contributed by atoms with E-state index in [0.717, 1.165) is 16.7 Å². The zero-order valence-corrected chi connectivity index (χ0v) is 12.6. The van der Waals surface area contributed by atoms with Crippen LogP contribution in [-0.2, 0) is 11.2 Å². The lowest BCUT2D eigenvalue weighted by molar-refractivity contribution is -0.121. The molecule has 0 aromatic heterocycles. The van der Waals surface area contributed by atoms with Gasteiger partial charge in [-0.25, -0.2) is 4.39 Å². The molecular formula is C18H20FNO. The smallest absolute Gasteiger partial charge is 0.225 e. The van der Waals surface area contributed by atoms with Gasteiger partial charge >= 0.3 is 0 Å². The Morgan fingerprint density at radius 2 is 1.90 bits per heavy atom. The SMILES string of the molecule is Cc1ccc(C)c(C(C)NC(=O)Cc2ccccc2F)c1. The predicted octanol–water partition coefficient (Wildman–Crippen LogP) is 3.86. The second-order valence-corrected chi connectivity index (χ2v) is 5.42. The molecule has 0 radical (unpaired) electrons. The van der Waals surface area contributed by atoms with Crippen LogP contribution in [-0.4, -0.2) is 5.91 Å². The van der Waals surface area contributed by atoms with Crippen LogP contribution in [0.3, 0.4) is 0 Å². The van der Waals surface area contributed by atoms with Crippen molar-refractivity contribution in [2.75, 3.05) is 0 Å². The summed E-state index contributed by atoms with van der Waals surface area (Å²) in [6, 6.07) is 12.4. The summed E-state index contributed by atoms with van der Waals surface area (Å²) in [5, 5.41) is 2.93. The number of hydrogen-bond donors (Lipinski definition) is 1. The number of carbonyl (C=O) groups excluding carboxylic acids is 1. The molecule has 2 rings (SSSR count). The van der Waals surface area contributed by atoms with Gasteiger partial charge in [-0.3, -0.25) is 4.79 Å². The summed E-state index contributed by atoms with van der Waals surface area (Å²) in [6.45, 7) is 5.99. The summed E-state index contributed by atoms with van der Waals surface area (Å²) in [5.41, 5.74) is 3.81. The Balaban J connectivity index is 2.06. The van der Waals surface area contributed by atoms with Crippen molar-refractivity contribution in [2.45, 2.75) is 33.2 Å². The van der Waals surface area contributed by atoms with E-state index in [0.29, 0.717) is 5.56 Å². The van der Waals surface area contributed by atoms with Crippen molar-refractivity contribution >= 4 is 5.91 Å². The van der Waals surface area contributed by atoms with E-state index in [1.807, 2.05) is 32.9 Å². The molecule has 0 fully saturated rings. The number of carbonyl (C=O) groups is 1. The molecule has 21 heavy (non-hydrogen) atoms. The van der Waals surface area contributed by atoms with Crippen molar-refractivity contribution < 1.29 is 9.18 Å². The summed E-state index contributed by atoms with van der Waals surface area (Å²) in [4.78, 5) is 12.1. The molecule has 0 heterocycles. The highest BCUT2D eigenvalue weighted by Gasteiger charge is 2.13. The van der Waals surface area contributed by atoms with Crippen LogP contribution in [0.4, 0.5) is 4.39 Å². The number of aryl methyl sites for hydroxylation is 2. The third kappa shape index (κ3) is 3.91. The minimum absolute atomic E-state index is 0.0574. The standard InChI is InChI=1S/C18H20FNO/c1-12-8-9-13(2)16(10-12)14(3)20-18(21)11-15-6-4-5-7-17(15)19/h4-10,14H,11H2,1-3H3,(H,20,21). The maximum atomic E-state index is 13.5. The van der Waals surface area contributed by atoms with Gasteiger partial charge in [0.2, 0.25) is 5.91 Å². The average molecular weight is 285 g/mol. The molecule has 0 aliphatic carbocycles. The first-order valence-electron chi connectivity index (χ1n) is 7.07. The second kappa shape index (κ2) is 6.53. The number of nitrogens with one attached hydrogen (secondary N) is 1. The van der Waals surface area contributed by atoms with Gasteiger partial charge in [0, 0.05) is 0 Å². The highest BCUT2D eigenvalue weighted by Crippen LogP contribution is 2.19. The lowest BCUT2D eigenvalue weighted by Crippen LogP contribution is -2.28. The topological polar surface area (TPSA) is 29.1 Å². The Kier molecular flexibility index (Phi) is 4.73. The number of benzene rings is 2. The van der Waals surface area contributed by atoms with Gasteiger partial charge in [0.05, 0.1) is 12.5 Å². The van der Waals surface area contributed by atoms with Crippen molar-refractivity contribution in [1.29, 1.82) is 0 Å². The second-order valence-electron chi connectivity index (χ2n) is 5.42. The molecule has 1 unspecified atom stereocenters. The first kappa shape index (κ1) is 15.2. The Labute approximate surface area is 125 Å². The van der Waals surface area contributed by atoms with E-state index < -0.39 is 0 Å². The minimum atomic E-state index is -0.341. The molecule has 110 valence electrons. The molecule has 0 saturated heterocycles. The Morgan fingerprint density at radius 1 is 1.19 bits per heavy atom. The molecule has 3 heteroatoms. The lowest BCUT2D eigenvalue weighted by Gasteiger charge is -2.17. The number of hydrogen-bond acceptors (Lipinski definition) is 1. The molecule has 0 aliphatic rings. The molecule has 0 aliphatic heterocycles. The molecule has 2 aromatic carbocycles. The maximum absolute atomic E-state index is 13.5. The Hall–Kier alpha value is -2.16. The fourth-order valence-electron chi connectivity index (χ4n) is 2.41. The van der Waals surface area contributed by atoms with Gasteiger partial charge in [-0.1, -0.05) is 42.0 Å². The van der Waals surface area contributed by atoms with Crippen molar-refractivity contribution in [3.05, 3.63) is 70.5 Å². The van der Waals surface area contributed by atoms with Gasteiger partial charge in [0.1, 0.15) is 5.82 Å². The summed E-state index contributed by atoms with van der Waals surface area (Å²) in [7, 11) is 0. The first-order chi connectivity index (χ1) is 9.97. The molecule has 1 atom stereocenters. The predicted molar refractivity (Wildman–Crippen MR) is 82.6 cm³/mol. The van der Waals surface area contributed by atoms with Crippen LogP contribution in [0.2, 0.25) is 0 Å². The third-order valence-corrected chi connectivity index (χ3v) is 3.59. The van der Waals surface area contributed by atoms with Crippen molar-refractivity contribution in [2.24, 2.45) is 0 Å². The van der Waals surface area contributed by atoms with Gasteiger partial charge in [0.25, 0.3) is 0 Å². The average Bonchev–Trinajstić information content (AvgIpc) is 2.44. The van der Waals surface area contributed by atoms with Crippen molar-refractivity contribution in [3.63, 3.8) is 0 Å². The van der Waals surface area contributed by atoms with E-state index in [4.69, 9.17) is 0 Å². The zero-order valence-electron chi connectivity index (χ0n) is 12.6. The van der Waals surface area contributed by atoms with Gasteiger partial charge in [-0.05, 0) is 43.5 Å². The summed E-state index contributed by atoms with van der Waals surface area (Å²) in [6.07, 6.45) is 0.0574. The van der Waals surface area contributed by atoms with Gasteiger partial charge in [-0.2, -0.15) is 0 Å². The van der Waals surface area contributed by atoms with Crippen LogP contribution in [0, 0.1) is 19.7 Å². The molecule has 2 nitrogen and oxygen atoms in total. The van der Waals surface area contributed by atoms with E-state index in [1.165, 1.54) is 6.07 Å². The molecule has 0 bridgehead atoms. The first-order valence-corrected chi connectivity index (χ1v) is 7.07. The van der Waals surface area contributed by atoms with Crippen molar-refractivity contribution in [1.82, 2.24) is 5.32 Å².